The van der Waals surface area contributed by atoms with E-state index in [4.69, 9.17) is 30.8 Å². The standard InChI is InChI=1S/C30H49N9O4/c1-20(40)23-7-8-24-28-25(19-27(30(23,24)3)43-16-6-13-36-39-33)29(2)10-9-22(41-14-4-11-34-37-31)17-21(29)18-26(28)42-15-5-12-35-38-32/h21-28H,4-19H2,1-3H3/t21?,22-,23-,24+,25+,26-,27+,28?,29+,30-/m1/s1. The first-order valence-corrected chi connectivity index (χ1v) is 16.2. The second kappa shape index (κ2) is 15.5. The number of carbonyl (C=O) groups is 1. The molecule has 4 aliphatic rings. The third-order valence-corrected chi connectivity index (χ3v) is 11.6. The second-order valence-electron chi connectivity index (χ2n) is 13.5. The van der Waals surface area contributed by atoms with Gasteiger partial charge in [0, 0.05) is 65.5 Å². The van der Waals surface area contributed by atoms with Crippen molar-refractivity contribution >= 4 is 5.78 Å². The number of Topliss-reactive ketones (excluding diaryl/α,β-unsaturated/α-hetero) is 1. The molecule has 0 amide bonds. The fourth-order valence-corrected chi connectivity index (χ4v) is 9.59. The first kappa shape index (κ1) is 33.4. The van der Waals surface area contributed by atoms with E-state index in [2.05, 4.69) is 43.9 Å². The van der Waals surface area contributed by atoms with E-state index >= 15 is 0 Å². The topological polar surface area (TPSA) is 191 Å². The summed E-state index contributed by atoms with van der Waals surface area (Å²) in [4.78, 5) is 21.6. The van der Waals surface area contributed by atoms with Crippen molar-refractivity contribution in [3.05, 3.63) is 31.3 Å². The predicted octanol–water partition coefficient (Wildman–Crippen LogP) is 7.71. The van der Waals surface area contributed by atoms with E-state index < -0.39 is 0 Å². The Labute approximate surface area is 254 Å². The summed E-state index contributed by atoms with van der Waals surface area (Å²) >= 11 is 0. The van der Waals surface area contributed by atoms with Crippen LogP contribution < -0.4 is 0 Å². The van der Waals surface area contributed by atoms with Crippen molar-refractivity contribution in [2.45, 2.75) is 103 Å². The Morgan fingerprint density at radius 3 is 2.00 bits per heavy atom. The molecule has 10 atom stereocenters. The lowest BCUT2D eigenvalue weighted by Gasteiger charge is -2.64. The van der Waals surface area contributed by atoms with E-state index in [0.29, 0.717) is 76.0 Å². The van der Waals surface area contributed by atoms with Crippen LogP contribution >= 0.6 is 0 Å². The molecule has 0 aromatic heterocycles. The van der Waals surface area contributed by atoms with Crippen molar-refractivity contribution in [1.82, 2.24) is 0 Å². The van der Waals surface area contributed by atoms with Crippen molar-refractivity contribution in [2.75, 3.05) is 39.5 Å². The van der Waals surface area contributed by atoms with Gasteiger partial charge in [0.25, 0.3) is 0 Å². The molecule has 0 bridgehead atoms. The lowest BCUT2D eigenvalue weighted by atomic mass is 9.43. The molecule has 0 heterocycles. The number of nitrogens with zero attached hydrogens (tertiary/aromatic N) is 9. The molecule has 4 saturated carbocycles. The molecule has 4 rings (SSSR count). The molecule has 0 spiro atoms. The van der Waals surface area contributed by atoms with Crippen molar-refractivity contribution in [1.29, 1.82) is 0 Å². The zero-order valence-electron chi connectivity index (χ0n) is 26.1. The highest BCUT2D eigenvalue weighted by Gasteiger charge is 2.66. The average molecular weight is 600 g/mol. The Kier molecular flexibility index (Phi) is 12.0. The van der Waals surface area contributed by atoms with Crippen LogP contribution in [0.25, 0.3) is 31.3 Å². The van der Waals surface area contributed by atoms with E-state index in [9.17, 15) is 4.79 Å². The van der Waals surface area contributed by atoms with E-state index in [0.717, 1.165) is 51.4 Å². The van der Waals surface area contributed by atoms with Gasteiger partial charge in [0.15, 0.2) is 0 Å². The Balaban J connectivity index is 1.59. The minimum absolute atomic E-state index is 0.0359. The first-order chi connectivity index (χ1) is 20.8. The molecule has 0 N–H and O–H groups in total. The van der Waals surface area contributed by atoms with Crippen LogP contribution in [0.4, 0.5) is 0 Å². The monoisotopic (exact) mass is 599 g/mol. The Morgan fingerprint density at radius 2 is 1.40 bits per heavy atom. The number of carbonyl (C=O) groups excluding carboxylic acids is 1. The number of fused-ring (bicyclic) bond motifs is 5. The van der Waals surface area contributed by atoms with Gasteiger partial charge < -0.3 is 14.2 Å². The molecule has 238 valence electrons. The second-order valence-corrected chi connectivity index (χ2v) is 13.5. The molecule has 0 radical (unpaired) electrons. The van der Waals surface area contributed by atoms with Gasteiger partial charge in [-0.15, -0.1) is 0 Å². The number of azide groups is 3. The summed E-state index contributed by atoms with van der Waals surface area (Å²) in [5.41, 5.74) is 25.8. The van der Waals surface area contributed by atoms with Crippen LogP contribution in [0.5, 0.6) is 0 Å². The summed E-state index contributed by atoms with van der Waals surface area (Å²) in [6, 6.07) is 0. The number of hydrogen-bond donors (Lipinski definition) is 0. The largest absolute Gasteiger partial charge is 0.378 e. The maximum Gasteiger partial charge on any atom is 0.133 e. The van der Waals surface area contributed by atoms with Crippen molar-refractivity contribution in [3.8, 4) is 0 Å². The van der Waals surface area contributed by atoms with Crippen LogP contribution in [0.15, 0.2) is 15.3 Å². The minimum Gasteiger partial charge on any atom is -0.378 e. The molecule has 4 fully saturated rings. The zero-order valence-corrected chi connectivity index (χ0v) is 26.1. The van der Waals surface area contributed by atoms with Crippen LogP contribution in [0.1, 0.15) is 85.0 Å². The lowest BCUT2D eigenvalue weighted by molar-refractivity contribution is -0.224. The van der Waals surface area contributed by atoms with Gasteiger partial charge in [-0.3, -0.25) is 4.79 Å². The molecular formula is C30H49N9O4. The molecule has 43 heavy (non-hydrogen) atoms. The summed E-state index contributed by atoms with van der Waals surface area (Å²) in [6.07, 6.45) is 9.08. The third kappa shape index (κ3) is 7.25. The van der Waals surface area contributed by atoms with Crippen LogP contribution in [0.3, 0.4) is 0 Å². The highest BCUT2D eigenvalue weighted by molar-refractivity contribution is 5.79. The normalized spacial score (nSPS) is 37.9. The molecule has 0 saturated heterocycles. The lowest BCUT2D eigenvalue weighted by Crippen LogP contribution is -2.63. The molecule has 0 aromatic carbocycles. The van der Waals surface area contributed by atoms with Gasteiger partial charge in [-0.1, -0.05) is 29.2 Å². The summed E-state index contributed by atoms with van der Waals surface area (Å²) in [6.45, 7) is 9.43. The van der Waals surface area contributed by atoms with Crippen molar-refractivity contribution in [3.63, 3.8) is 0 Å². The molecule has 0 aromatic rings. The molecule has 13 heteroatoms. The third-order valence-electron chi connectivity index (χ3n) is 11.6. The van der Waals surface area contributed by atoms with Crippen molar-refractivity contribution < 1.29 is 19.0 Å². The smallest absolute Gasteiger partial charge is 0.133 e. The molecular weight excluding hydrogens is 550 g/mol. The highest BCUT2D eigenvalue weighted by Crippen LogP contribution is 2.68. The number of ether oxygens (including phenoxy) is 3. The SMILES string of the molecule is CC(=O)[C@H]1CC[C@H]2C3[C@H](OCCCN=[N+]=[N-])CC4C[C@H](OCCCN=[N+]=[N-])CC[C@]4(C)[C@H]3C[C@H](OCCCN=[N+]=[N-])[C@]12C. The molecule has 0 aliphatic heterocycles. The van der Waals surface area contributed by atoms with Crippen LogP contribution in [0.2, 0.25) is 0 Å². The van der Waals surface area contributed by atoms with Crippen LogP contribution in [0, 0.1) is 40.4 Å². The highest BCUT2D eigenvalue weighted by atomic mass is 16.5. The van der Waals surface area contributed by atoms with Gasteiger partial charge in [0.1, 0.15) is 5.78 Å². The van der Waals surface area contributed by atoms with Gasteiger partial charge in [-0.05, 0) is 117 Å². The summed E-state index contributed by atoms with van der Waals surface area (Å²) in [5.74, 6) is 1.69. The summed E-state index contributed by atoms with van der Waals surface area (Å²) < 4.78 is 19.7. The van der Waals surface area contributed by atoms with Crippen LogP contribution in [-0.4, -0.2) is 63.6 Å². The maximum absolute atomic E-state index is 13.0. The Hall–Kier alpha value is -2.52. The maximum atomic E-state index is 13.0. The average Bonchev–Trinajstić information content (AvgIpc) is 3.35. The number of hydrogen-bond acceptors (Lipinski definition) is 7. The first-order valence-electron chi connectivity index (χ1n) is 16.2. The molecule has 13 nitrogen and oxygen atoms in total. The van der Waals surface area contributed by atoms with Gasteiger partial charge in [-0.25, -0.2) is 0 Å². The quantitative estimate of drug-likeness (QED) is 0.0759. The Bertz CT molecular complexity index is 1110. The molecule has 4 aliphatic carbocycles. The number of ketones is 1. The van der Waals surface area contributed by atoms with Gasteiger partial charge in [-0.2, -0.15) is 0 Å². The van der Waals surface area contributed by atoms with E-state index in [-0.39, 0.29) is 40.8 Å². The fraction of sp³-hybridized carbons (Fsp3) is 0.967. The fourth-order valence-electron chi connectivity index (χ4n) is 9.59. The molecule has 2 unspecified atom stereocenters. The predicted molar refractivity (Wildman–Crippen MR) is 162 cm³/mol. The van der Waals surface area contributed by atoms with E-state index in [1.54, 1.807) is 6.92 Å². The van der Waals surface area contributed by atoms with Gasteiger partial charge in [0.05, 0.1) is 18.3 Å². The van der Waals surface area contributed by atoms with Gasteiger partial charge in [0.2, 0.25) is 0 Å². The van der Waals surface area contributed by atoms with E-state index in [1.807, 2.05) is 0 Å². The van der Waals surface area contributed by atoms with Crippen LogP contribution in [-0.2, 0) is 19.0 Å². The summed E-state index contributed by atoms with van der Waals surface area (Å²) in [5, 5.41) is 11.0. The van der Waals surface area contributed by atoms with Gasteiger partial charge >= 0.3 is 0 Å². The number of rotatable bonds is 16. The van der Waals surface area contributed by atoms with E-state index in [1.165, 1.54) is 0 Å². The zero-order chi connectivity index (χ0) is 30.9. The van der Waals surface area contributed by atoms with Crippen molar-refractivity contribution in [2.24, 2.45) is 55.8 Å². The Morgan fingerprint density at radius 1 is 0.791 bits per heavy atom. The summed E-state index contributed by atoms with van der Waals surface area (Å²) in [7, 11) is 0. The minimum atomic E-state index is -0.270.